The van der Waals surface area contributed by atoms with Gasteiger partial charge in [-0.15, -0.1) is 0 Å². The summed E-state index contributed by atoms with van der Waals surface area (Å²) in [6, 6.07) is 5.35. The minimum absolute atomic E-state index is 0.134. The van der Waals surface area contributed by atoms with Gasteiger partial charge in [0.15, 0.2) is 0 Å². The molecule has 0 spiro atoms. The summed E-state index contributed by atoms with van der Waals surface area (Å²) in [4.78, 5) is 53.8. The third kappa shape index (κ3) is 2.54. The maximum absolute atomic E-state index is 14.1. The first kappa shape index (κ1) is 27.1. The zero-order valence-corrected chi connectivity index (χ0v) is 23.3. The van der Waals surface area contributed by atoms with Crippen molar-refractivity contribution in [3.8, 4) is 11.5 Å². The molecule has 8 rings (SSSR count). The Morgan fingerprint density at radius 3 is 1.36 bits per heavy atom. The number of aromatic hydroxyl groups is 2. The number of ketones is 2. The summed E-state index contributed by atoms with van der Waals surface area (Å²) in [5, 5.41) is 46.2. The first-order valence-electron chi connectivity index (χ1n) is 13.4. The van der Waals surface area contributed by atoms with Crippen molar-refractivity contribution >= 4 is 33.1 Å². The molecule has 0 radical (unpaired) electrons. The Hall–Kier alpha value is -4.44. The Morgan fingerprint density at radius 2 is 1.02 bits per heavy atom. The summed E-state index contributed by atoms with van der Waals surface area (Å²) in [6.07, 6.45) is -4.20. The zero-order valence-electron chi connectivity index (χ0n) is 23.3. The van der Waals surface area contributed by atoms with Crippen LogP contribution in [-0.4, -0.2) is 69.0 Å². The van der Waals surface area contributed by atoms with Crippen LogP contribution in [0.25, 0.3) is 21.5 Å². The molecule has 2 aliphatic heterocycles. The van der Waals surface area contributed by atoms with Crippen molar-refractivity contribution in [2.24, 2.45) is 0 Å². The number of Topliss-reactive ketones (excluding diaryl/α,β-unsaturated/α-hetero) is 2. The number of phenols is 2. The second-order valence-corrected chi connectivity index (χ2v) is 11.4. The smallest absolute Gasteiger partial charge is 0.347 e. The summed E-state index contributed by atoms with van der Waals surface area (Å²) in [5.41, 5.74) is -8.34. The molecule has 226 valence electrons. The third-order valence-electron chi connectivity index (χ3n) is 9.41. The lowest BCUT2D eigenvalue weighted by molar-refractivity contribution is -0.0577. The average Bonchev–Trinajstić information content (AvgIpc) is 3.85. The van der Waals surface area contributed by atoms with Crippen LogP contribution in [0.1, 0.15) is 55.6 Å². The highest BCUT2D eigenvalue weighted by molar-refractivity contribution is 6.15. The van der Waals surface area contributed by atoms with Crippen LogP contribution in [-0.2, 0) is 18.9 Å². The number of rotatable bonds is 3. The van der Waals surface area contributed by atoms with Gasteiger partial charge in [0.25, 0.3) is 11.6 Å². The summed E-state index contributed by atoms with van der Waals surface area (Å²) < 4.78 is 33.2. The van der Waals surface area contributed by atoms with E-state index in [9.17, 15) is 39.6 Å². The summed E-state index contributed by atoms with van der Waals surface area (Å²) in [7, 11) is 2.18. The van der Waals surface area contributed by atoms with Gasteiger partial charge in [-0.1, -0.05) is 0 Å². The molecule has 14 heteroatoms. The largest absolute Gasteiger partial charge is 0.507 e. The lowest BCUT2D eigenvalue weighted by Crippen LogP contribution is -2.60. The fraction of sp³-hybridized carbons (Fsp3) is 0.333. The Kier molecular flexibility index (Phi) is 4.80. The number of aliphatic hydroxyl groups excluding tert-OH is 2. The van der Waals surface area contributed by atoms with E-state index in [1.54, 1.807) is 0 Å². The number of carbonyl (C=O) groups is 2. The maximum atomic E-state index is 14.1. The minimum Gasteiger partial charge on any atom is -0.507 e. The highest BCUT2D eigenvalue weighted by Crippen LogP contribution is 2.80. The van der Waals surface area contributed by atoms with Gasteiger partial charge < -0.3 is 48.2 Å². The molecule has 4 aliphatic rings. The van der Waals surface area contributed by atoms with Crippen molar-refractivity contribution in [1.29, 1.82) is 0 Å². The van der Waals surface area contributed by atoms with Crippen LogP contribution in [0, 0.1) is 13.8 Å². The molecule has 2 fully saturated rings. The highest BCUT2D eigenvalue weighted by Gasteiger charge is 3.03. The monoisotopic (exact) mass is 606 g/mol. The number of fused-ring (bicyclic) bond motifs is 7. The Labute approximate surface area is 244 Å². The molecule has 14 nitrogen and oxygen atoms in total. The number of ether oxygens (including phenoxy) is 4. The fourth-order valence-electron chi connectivity index (χ4n) is 7.57. The highest BCUT2D eigenvalue weighted by atomic mass is 16.9. The van der Waals surface area contributed by atoms with E-state index in [1.165, 1.54) is 38.1 Å². The Morgan fingerprint density at radius 1 is 0.659 bits per heavy atom. The van der Waals surface area contributed by atoms with Gasteiger partial charge in [-0.2, -0.15) is 0 Å². The minimum atomic E-state index is -2.49. The van der Waals surface area contributed by atoms with E-state index >= 15 is 0 Å². The van der Waals surface area contributed by atoms with Crippen LogP contribution in [0.15, 0.2) is 42.7 Å². The Balaban J connectivity index is 1.42. The van der Waals surface area contributed by atoms with E-state index in [-0.39, 0.29) is 44.2 Å². The lowest BCUT2D eigenvalue weighted by Gasteiger charge is -2.39. The van der Waals surface area contributed by atoms with E-state index in [1.807, 2.05) is 0 Å². The molecule has 44 heavy (non-hydrogen) atoms. The maximum Gasteiger partial charge on any atom is 0.347 e. The molecule has 2 aliphatic carbocycles. The van der Waals surface area contributed by atoms with Crippen molar-refractivity contribution in [2.75, 3.05) is 14.2 Å². The molecule has 4 aromatic rings. The van der Waals surface area contributed by atoms with Crippen molar-refractivity contribution in [1.82, 2.24) is 0 Å². The second kappa shape index (κ2) is 7.79. The average molecular weight is 606 g/mol. The molecular weight excluding hydrogens is 584 g/mol. The number of carbonyl (C=O) groups excluding carboxylic acids is 2. The summed E-state index contributed by atoms with van der Waals surface area (Å²) in [5.74, 6) is -7.86. The lowest BCUT2D eigenvalue weighted by atomic mass is 9.63. The molecule has 0 saturated carbocycles. The predicted octanol–water partition coefficient (Wildman–Crippen LogP) is 1.31. The molecule has 2 aromatic heterocycles. The van der Waals surface area contributed by atoms with E-state index in [0.29, 0.717) is 0 Å². The molecule has 6 atom stereocenters. The van der Waals surface area contributed by atoms with E-state index < -0.39 is 80.4 Å². The number of aryl methyl sites for hydroxylation is 2. The molecule has 0 bridgehead atoms. The topological polar surface area (TPSA) is 219 Å². The van der Waals surface area contributed by atoms with Crippen LogP contribution in [0.2, 0.25) is 0 Å². The van der Waals surface area contributed by atoms with Crippen LogP contribution in [0.4, 0.5) is 0 Å². The van der Waals surface area contributed by atoms with Gasteiger partial charge in [-0.05, 0) is 48.9 Å². The van der Waals surface area contributed by atoms with E-state index in [0.717, 1.165) is 14.2 Å². The van der Waals surface area contributed by atoms with Gasteiger partial charge in [0.1, 0.15) is 46.0 Å². The van der Waals surface area contributed by atoms with Gasteiger partial charge >= 0.3 is 11.3 Å². The number of aliphatic hydroxyl groups is 2. The molecule has 2 saturated heterocycles. The number of hydrogen-bond donors (Lipinski definition) is 4. The van der Waals surface area contributed by atoms with Crippen molar-refractivity contribution < 1.29 is 57.8 Å². The zero-order chi connectivity index (χ0) is 31.5. The predicted molar refractivity (Wildman–Crippen MR) is 143 cm³/mol. The van der Waals surface area contributed by atoms with E-state index in [2.05, 4.69) is 0 Å². The van der Waals surface area contributed by atoms with Gasteiger partial charge in [-0.3, -0.25) is 9.59 Å². The van der Waals surface area contributed by atoms with Crippen LogP contribution >= 0.6 is 0 Å². The quantitative estimate of drug-likeness (QED) is 0.242. The fourth-order valence-corrected chi connectivity index (χ4v) is 7.57. The standard InChI is InChI=1S/C30H22O14/c1-9-5-11-7-13-17(19(31)15(11)25(37)41-9)23(35)27(29(39-3,43-27)21(13)33)28-24(36)18-14(22(34)30(28,40-4)44-28)8-12-6-10(2)42-26(38)16(12)20(18)32/h5-8,23-24,31-32,35-36H,1-4H3/t23-,24-,27-,28-,29-,30-/m1/s1. The molecule has 0 amide bonds. The molecule has 2 aromatic carbocycles. The van der Waals surface area contributed by atoms with Crippen LogP contribution in [0.5, 0.6) is 11.5 Å². The number of epoxide rings is 2. The molecular formula is C30H22O14. The first-order valence-corrected chi connectivity index (χ1v) is 13.4. The van der Waals surface area contributed by atoms with Gasteiger partial charge in [0, 0.05) is 36.5 Å². The summed E-state index contributed by atoms with van der Waals surface area (Å²) >= 11 is 0. The van der Waals surface area contributed by atoms with E-state index in [4.69, 9.17) is 27.8 Å². The van der Waals surface area contributed by atoms with Crippen molar-refractivity contribution in [3.05, 3.63) is 78.9 Å². The van der Waals surface area contributed by atoms with Crippen molar-refractivity contribution in [3.63, 3.8) is 0 Å². The Bertz CT molecular complexity index is 2040. The van der Waals surface area contributed by atoms with Crippen molar-refractivity contribution in [2.45, 2.75) is 48.8 Å². The number of methoxy groups -OCH3 is 2. The van der Waals surface area contributed by atoms with Gasteiger partial charge in [0.05, 0.1) is 0 Å². The number of benzene rings is 2. The number of hydrogen-bond acceptors (Lipinski definition) is 14. The number of phenolic OH excluding ortho intramolecular Hbond substituents is 2. The van der Waals surface area contributed by atoms with Crippen LogP contribution in [0.3, 0.4) is 0 Å². The third-order valence-corrected chi connectivity index (χ3v) is 9.41. The van der Waals surface area contributed by atoms with Gasteiger partial charge in [0.2, 0.25) is 22.8 Å². The van der Waals surface area contributed by atoms with Gasteiger partial charge in [-0.25, -0.2) is 9.59 Å². The summed E-state index contributed by atoms with van der Waals surface area (Å²) in [6.45, 7) is 2.99. The SMILES string of the molecule is CO[C@]12O[C@@]1([C@@]13O[C@]1(OC)C(=O)c1cc4cc(C)oc(=O)c4c(O)c1[C@H]3O)[C@H](O)c1c(cc3cc(C)oc(=O)c3c1O)C2=O. The molecule has 0 unspecified atom stereocenters. The normalized spacial score (nSPS) is 33.1. The van der Waals surface area contributed by atoms with Crippen LogP contribution < -0.4 is 11.3 Å². The molecule has 4 heterocycles. The molecule has 4 N–H and O–H groups in total. The second-order valence-electron chi connectivity index (χ2n) is 11.4. The first-order chi connectivity index (χ1) is 20.8.